The normalized spacial score (nSPS) is 10.3. The van der Waals surface area contributed by atoms with Gasteiger partial charge in [0.25, 0.3) is 5.91 Å². The molecule has 0 bridgehead atoms. The van der Waals surface area contributed by atoms with Crippen molar-refractivity contribution in [2.24, 2.45) is 0 Å². The molecule has 0 spiro atoms. The van der Waals surface area contributed by atoms with Gasteiger partial charge < -0.3 is 19.5 Å². The van der Waals surface area contributed by atoms with Gasteiger partial charge in [0, 0.05) is 13.1 Å². The standard InChI is InChI=1S/C15H20FNO5/c1-21-14(19)6-7-17(8-10-22-11-9-18)15(20)12-4-2-3-5-13(12)16/h2-5,18H,6-11H2,1H3. The van der Waals surface area contributed by atoms with E-state index in [1.807, 2.05) is 0 Å². The molecule has 1 N–H and O–H groups in total. The number of methoxy groups -OCH3 is 1. The molecule has 0 aromatic heterocycles. The second kappa shape index (κ2) is 9.86. The topological polar surface area (TPSA) is 76.1 Å². The quantitative estimate of drug-likeness (QED) is 0.540. The van der Waals surface area contributed by atoms with Crippen LogP contribution in [0.1, 0.15) is 16.8 Å². The van der Waals surface area contributed by atoms with Crippen molar-refractivity contribution in [3.63, 3.8) is 0 Å². The lowest BCUT2D eigenvalue weighted by Gasteiger charge is -2.22. The lowest BCUT2D eigenvalue weighted by atomic mass is 10.2. The van der Waals surface area contributed by atoms with E-state index in [1.165, 1.54) is 30.2 Å². The number of aliphatic hydroxyl groups excluding tert-OH is 1. The van der Waals surface area contributed by atoms with Gasteiger partial charge in [-0.3, -0.25) is 9.59 Å². The van der Waals surface area contributed by atoms with Crippen molar-refractivity contribution in [2.45, 2.75) is 6.42 Å². The molecule has 0 aliphatic rings. The molecule has 0 aliphatic heterocycles. The lowest BCUT2D eigenvalue weighted by Crippen LogP contribution is -2.36. The van der Waals surface area contributed by atoms with Crippen LogP contribution in [-0.2, 0) is 14.3 Å². The fourth-order valence-electron chi connectivity index (χ4n) is 1.79. The summed E-state index contributed by atoms with van der Waals surface area (Å²) in [5.41, 5.74) is -0.0606. The zero-order valence-electron chi connectivity index (χ0n) is 12.5. The highest BCUT2D eigenvalue weighted by Crippen LogP contribution is 2.10. The Balaban J connectivity index is 2.72. The number of hydrogen-bond donors (Lipinski definition) is 1. The number of esters is 1. The Morgan fingerprint density at radius 1 is 1.23 bits per heavy atom. The molecule has 0 radical (unpaired) electrons. The van der Waals surface area contributed by atoms with Gasteiger partial charge in [0.2, 0.25) is 0 Å². The Hall–Kier alpha value is -1.99. The predicted octanol–water partition coefficient (Wildman–Crippen LogP) is 0.840. The SMILES string of the molecule is COC(=O)CCN(CCOCCO)C(=O)c1ccccc1F. The molecule has 0 saturated carbocycles. The second-order valence-electron chi connectivity index (χ2n) is 4.43. The summed E-state index contributed by atoms with van der Waals surface area (Å²) in [6.45, 7) is 0.497. The van der Waals surface area contributed by atoms with Crippen molar-refractivity contribution >= 4 is 11.9 Å². The van der Waals surface area contributed by atoms with Crippen LogP contribution in [-0.4, -0.2) is 61.9 Å². The largest absolute Gasteiger partial charge is 0.469 e. The number of aliphatic hydroxyl groups is 1. The molecule has 0 fully saturated rings. The summed E-state index contributed by atoms with van der Waals surface area (Å²) in [5, 5.41) is 8.65. The maximum absolute atomic E-state index is 13.7. The zero-order chi connectivity index (χ0) is 16.4. The van der Waals surface area contributed by atoms with Crippen molar-refractivity contribution < 1.29 is 28.6 Å². The number of halogens is 1. The Morgan fingerprint density at radius 2 is 1.95 bits per heavy atom. The average Bonchev–Trinajstić information content (AvgIpc) is 2.53. The second-order valence-corrected chi connectivity index (χ2v) is 4.43. The molecular formula is C15H20FNO5. The van der Waals surface area contributed by atoms with Gasteiger partial charge in [0.15, 0.2) is 0 Å². The molecule has 7 heteroatoms. The summed E-state index contributed by atoms with van der Waals surface area (Å²) >= 11 is 0. The van der Waals surface area contributed by atoms with Gasteiger partial charge in [0.1, 0.15) is 5.82 Å². The monoisotopic (exact) mass is 313 g/mol. The number of carbonyl (C=O) groups excluding carboxylic acids is 2. The first-order chi connectivity index (χ1) is 10.6. The number of rotatable bonds is 9. The molecule has 0 atom stereocenters. The van der Waals surface area contributed by atoms with Crippen LogP contribution < -0.4 is 0 Å². The molecule has 0 aliphatic carbocycles. The summed E-state index contributed by atoms with van der Waals surface area (Å²) in [7, 11) is 1.26. The van der Waals surface area contributed by atoms with Crippen LogP contribution in [0.25, 0.3) is 0 Å². The van der Waals surface area contributed by atoms with E-state index >= 15 is 0 Å². The molecule has 22 heavy (non-hydrogen) atoms. The number of benzene rings is 1. The van der Waals surface area contributed by atoms with Crippen LogP contribution in [0.2, 0.25) is 0 Å². The number of amides is 1. The summed E-state index contributed by atoms with van der Waals surface area (Å²) in [6, 6.07) is 5.65. The Labute approximate surface area is 128 Å². The highest BCUT2D eigenvalue weighted by molar-refractivity contribution is 5.94. The van der Waals surface area contributed by atoms with Crippen LogP contribution in [0.5, 0.6) is 0 Å². The minimum absolute atomic E-state index is 0.0106. The van der Waals surface area contributed by atoms with Crippen molar-refractivity contribution in [3.8, 4) is 0 Å². The van der Waals surface area contributed by atoms with Crippen LogP contribution in [0, 0.1) is 5.82 Å². The Morgan fingerprint density at radius 3 is 2.59 bits per heavy atom. The fraction of sp³-hybridized carbons (Fsp3) is 0.467. The van der Waals surface area contributed by atoms with Crippen LogP contribution in [0.4, 0.5) is 4.39 Å². The maximum atomic E-state index is 13.7. The summed E-state index contributed by atoms with van der Waals surface area (Å²) in [5.74, 6) is -1.59. The van der Waals surface area contributed by atoms with Gasteiger partial charge >= 0.3 is 5.97 Å². The lowest BCUT2D eigenvalue weighted by molar-refractivity contribution is -0.140. The number of ether oxygens (including phenoxy) is 2. The van der Waals surface area contributed by atoms with E-state index in [0.717, 1.165) is 0 Å². The molecule has 1 rings (SSSR count). The number of carbonyl (C=O) groups is 2. The molecule has 0 saturated heterocycles. The Bertz CT molecular complexity index is 495. The fourth-order valence-corrected chi connectivity index (χ4v) is 1.79. The van der Waals surface area contributed by atoms with E-state index in [9.17, 15) is 14.0 Å². The summed E-state index contributed by atoms with van der Waals surface area (Å²) in [4.78, 5) is 24.9. The Kier molecular flexibility index (Phi) is 8.09. The predicted molar refractivity (Wildman–Crippen MR) is 76.8 cm³/mol. The minimum Gasteiger partial charge on any atom is -0.469 e. The molecule has 0 heterocycles. The van der Waals surface area contributed by atoms with E-state index < -0.39 is 17.7 Å². The van der Waals surface area contributed by atoms with Crippen molar-refractivity contribution in [2.75, 3.05) is 40.0 Å². The molecule has 122 valence electrons. The maximum Gasteiger partial charge on any atom is 0.307 e. The third-order valence-corrected chi connectivity index (χ3v) is 2.95. The van der Waals surface area contributed by atoms with Gasteiger partial charge in [-0.15, -0.1) is 0 Å². The van der Waals surface area contributed by atoms with Crippen molar-refractivity contribution in [1.82, 2.24) is 4.90 Å². The van der Waals surface area contributed by atoms with Gasteiger partial charge in [0.05, 0.1) is 38.9 Å². The molecule has 1 aromatic rings. The summed E-state index contributed by atoms with van der Waals surface area (Å²) < 4.78 is 23.4. The third kappa shape index (κ3) is 5.79. The van der Waals surface area contributed by atoms with E-state index in [4.69, 9.17) is 9.84 Å². The molecule has 6 nitrogen and oxygen atoms in total. The van der Waals surface area contributed by atoms with Crippen LogP contribution in [0.3, 0.4) is 0 Å². The average molecular weight is 313 g/mol. The van der Waals surface area contributed by atoms with Crippen molar-refractivity contribution in [1.29, 1.82) is 0 Å². The zero-order valence-corrected chi connectivity index (χ0v) is 12.5. The van der Waals surface area contributed by atoms with Crippen LogP contribution >= 0.6 is 0 Å². The van der Waals surface area contributed by atoms with Gasteiger partial charge in [-0.05, 0) is 12.1 Å². The number of hydrogen-bond acceptors (Lipinski definition) is 5. The molecule has 1 amide bonds. The van der Waals surface area contributed by atoms with Gasteiger partial charge in [-0.1, -0.05) is 12.1 Å². The first kappa shape index (κ1) is 18.1. The molecule has 1 aromatic carbocycles. The van der Waals surface area contributed by atoms with E-state index in [1.54, 1.807) is 6.07 Å². The van der Waals surface area contributed by atoms with E-state index in [-0.39, 0.29) is 44.9 Å². The summed E-state index contributed by atoms with van der Waals surface area (Å²) in [6.07, 6.45) is 0.0106. The van der Waals surface area contributed by atoms with Crippen LogP contribution in [0.15, 0.2) is 24.3 Å². The molecule has 0 unspecified atom stereocenters. The van der Waals surface area contributed by atoms with E-state index in [0.29, 0.717) is 0 Å². The minimum atomic E-state index is -0.619. The van der Waals surface area contributed by atoms with Gasteiger partial charge in [-0.25, -0.2) is 4.39 Å². The first-order valence-electron chi connectivity index (χ1n) is 6.89. The number of nitrogens with zero attached hydrogens (tertiary/aromatic N) is 1. The van der Waals surface area contributed by atoms with Gasteiger partial charge in [-0.2, -0.15) is 0 Å². The highest BCUT2D eigenvalue weighted by Gasteiger charge is 2.19. The molecular weight excluding hydrogens is 293 g/mol. The van der Waals surface area contributed by atoms with Crippen molar-refractivity contribution in [3.05, 3.63) is 35.6 Å². The third-order valence-electron chi connectivity index (χ3n) is 2.95. The highest BCUT2D eigenvalue weighted by atomic mass is 19.1. The first-order valence-corrected chi connectivity index (χ1v) is 6.89. The van der Waals surface area contributed by atoms with E-state index in [2.05, 4.69) is 4.74 Å². The smallest absolute Gasteiger partial charge is 0.307 e.